The maximum Gasteiger partial charge on any atom is 0.332 e. The SMILES string of the molecule is O=C(Nc1c2c(cc3c1CCC3)CCC2)NS(=O)(=O)CCCCN1CCC1. The summed E-state index contributed by atoms with van der Waals surface area (Å²) in [6.45, 7) is 3.20. The van der Waals surface area contributed by atoms with E-state index in [0.717, 1.165) is 70.3 Å². The number of anilines is 1. The summed E-state index contributed by atoms with van der Waals surface area (Å²) in [7, 11) is -3.60. The number of benzene rings is 1. The Hall–Kier alpha value is -1.60. The third-order valence-corrected chi connectivity index (χ3v) is 7.37. The van der Waals surface area contributed by atoms with E-state index in [0.29, 0.717) is 6.42 Å². The van der Waals surface area contributed by atoms with Gasteiger partial charge in [0.2, 0.25) is 10.0 Å². The molecule has 0 unspecified atom stereocenters. The van der Waals surface area contributed by atoms with Crippen molar-refractivity contribution in [3.63, 3.8) is 0 Å². The summed E-state index contributed by atoms with van der Waals surface area (Å²) in [5, 5.41) is 2.89. The number of amides is 2. The van der Waals surface area contributed by atoms with Gasteiger partial charge in [-0.2, -0.15) is 0 Å². The lowest BCUT2D eigenvalue weighted by molar-refractivity contribution is 0.179. The van der Waals surface area contributed by atoms with E-state index < -0.39 is 16.1 Å². The molecular formula is C20H29N3O3S. The predicted octanol–water partition coefficient (Wildman–Crippen LogP) is 2.60. The molecule has 7 heteroatoms. The van der Waals surface area contributed by atoms with Crippen molar-refractivity contribution >= 4 is 21.7 Å². The number of rotatable bonds is 7. The lowest BCUT2D eigenvalue weighted by atomic mass is 9.99. The highest BCUT2D eigenvalue weighted by atomic mass is 32.2. The molecule has 0 atom stereocenters. The minimum atomic E-state index is -3.60. The Balaban J connectivity index is 1.35. The van der Waals surface area contributed by atoms with Crippen LogP contribution in [0, 0.1) is 0 Å². The van der Waals surface area contributed by atoms with E-state index in [9.17, 15) is 13.2 Å². The Morgan fingerprint density at radius 1 is 0.963 bits per heavy atom. The summed E-state index contributed by atoms with van der Waals surface area (Å²) >= 11 is 0. The number of unbranched alkanes of at least 4 members (excludes halogenated alkanes) is 1. The second-order valence-corrected chi connectivity index (χ2v) is 9.85. The van der Waals surface area contributed by atoms with Gasteiger partial charge in [0.1, 0.15) is 0 Å². The fourth-order valence-electron chi connectivity index (χ4n) is 4.53. The van der Waals surface area contributed by atoms with Crippen LogP contribution in [0.1, 0.15) is 54.4 Å². The van der Waals surface area contributed by atoms with Crippen molar-refractivity contribution < 1.29 is 13.2 Å². The number of urea groups is 1. The smallest absolute Gasteiger partial charge is 0.307 e. The molecule has 3 aliphatic rings. The topological polar surface area (TPSA) is 78.5 Å². The number of fused-ring (bicyclic) bond motifs is 2. The van der Waals surface area contributed by atoms with Crippen LogP contribution in [-0.4, -0.2) is 44.7 Å². The van der Waals surface area contributed by atoms with Crippen molar-refractivity contribution in [3.05, 3.63) is 28.3 Å². The minimum Gasteiger partial charge on any atom is -0.307 e. The molecule has 1 aliphatic heterocycles. The summed E-state index contributed by atoms with van der Waals surface area (Å²) in [6, 6.07) is 1.68. The van der Waals surface area contributed by atoms with E-state index in [1.807, 2.05) is 0 Å². The van der Waals surface area contributed by atoms with E-state index >= 15 is 0 Å². The molecule has 4 rings (SSSR count). The standard InChI is InChI=1S/C20H29N3O3S/c24-20(22-27(25,26)13-2-1-10-23-11-5-12-23)21-19-17-8-3-6-15(17)14-16-7-4-9-18(16)19/h14H,1-13H2,(H2,21,22,24). The summed E-state index contributed by atoms with van der Waals surface area (Å²) in [6.07, 6.45) is 8.89. The molecule has 2 aliphatic carbocycles. The summed E-state index contributed by atoms with van der Waals surface area (Å²) in [5.74, 6) is -0.000730. The number of likely N-dealkylation sites (tertiary alicyclic amines) is 1. The van der Waals surface area contributed by atoms with Gasteiger partial charge in [-0.25, -0.2) is 17.9 Å². The van der Waals surface area contributed by atoms with Gasteiger partial charge in [0.05, 0.1) is 5.75 Å². The third kappa shape index (κ3) is 4.29. The Labute approximate surface area is 161 Å². The lowest BCUT2D eigenvalue weighted by Crippen LogP contribution is -2.38. The van der Waals surface area contributed by atoms with Crippen LogP contribution >= 0.6 is 0 Å². The average Bonchev–Trinajstić information content (AvgIpc) is 3.20. The number of sulfonamides is 1. The predicted molar refractivity (Wildman–Crippen MR) is 107 cm³/mol. The number of aryl methyl sites for hydroxylation is 2. The molecule has 6 nitrogen and oxygen atoms in total. The molecule has 148 valence electrons. The van der Waals surface area contributed by atoms with Crippen LogP contribution in [0.5, 0.6) is 0 Å². The van der Waals surface area contributed by atoms with Crippen molar-refractivity contribution in [1.82, 2.24) is 9.62 Å². The zero-order valence-electron chi connectivity index (χ0n) is 15.8. The first-order valence-corrected chi connectivity index (χ1v) is 11.9. The monoisotopic (exact) mass is 391 g/mol. The van der Waals surface area contributed by atoms with Gasteiger partial charge in [-0.3, -0.25) is 0 Å². The van der Waals surface area contributed by atoms with E-state index in [1.54, 1.807) is 0 Å². The van der Waals surface area contributed by atoms with Gasteiger partial charge in [0, 0.05) is 5.69 Å². The minimum absolute atomic E-state index is 0.000730. The molecule has 1 heterocycles. The fraction of sp³-hybridized carbons (Fsp3) is 0.650. The van der Waals surface area contributed by atoms with E-state index in [2.05, 4.69) is 21.0 Å². The third-order valence-electron chi connectivity index (χ3n) is 6.05. The molecule has 2 amide bonds. The molecule has 0 spiro atoms. The zero-order valence-corrected chi connectivity index (χ0v) is 16.7. The summed E-state index contributed by atoms with van der Waals surface area (Å²) in [5.41, 5.74) is 5.93. The van der Waals surface area contributed by atoms with Crippen LogP contribution in [0.3, 0.4) is 0 Å². The Bertz CT molecular complexity index is 799. The van der Waals surface area contributed by atoms with Gasteiger partial charge in [-0.05, 0) is 99.7 Å². The second kappa shape index (κ2) is 7.80. The van der Waals surface area contributed by atoms with Crippen molar-refractivity contribution in [2.45, 2.75) is 57.8 Å². The average molecular weight is 392 g/mol. The zero-order chi connectivity index (χ0) is 18.9. The largest absolute Gasteiger partial charge is 0.332 e. The maximum absolute atomic E-state index is 12.4. The van der Waals surface area contributed by atoms with Gasteiger partial charge in [0.25, 0.3) is 0 Å². The molecule has 2 N–H and O–H groups in total. The lowest BCUT2D eigenvalue weighted by Gasteiger charge is -2.30. The van der Waals surface area contributed by atoms with E-state index in [4.69, 9.17) is 0 Å². The first-order valence-electron chi connectivity index (χ1n) is 10.2. The quantitative estimate of drug-likeness (QED) is 0.701. The highest BCUT2D eigenvalue weighted by molar-refractivity contribution is 7.90. The number of carbonyl (C=O) groups is 1. The van der Waals surface area contributed by atoms with Crippen LogP contribution in [0.25, 0.3) is 0 Å². The number of hydrogen-bond acceptors (Lipinski definition) is 4. The molecule has 1 aromatic carbocycles. The van der Waals surface area contributed by atoms with Crippen LogP contribution < -0.4 is 10.0 Å². The molecule has 1 saturated heterocycles. The highest BCUT2D eigenvalue weighted by Crippen LogP contribution is 2.38. The van der Waals surface area contributed by atoms with Crippen LogP contribution in [0.15, 0.2) is 6.07 Å². The number of nitrogens with one attached hydrogen (secondary N) is 2. The van der Waals surface area contributed by atoms with Crippen LogP contribution in [0.4, 0.5) is 10.5 Å². The van der Waals surface area contributed by atoms with Crippen molar-refractivity contribution in [1.29, 1.82) is 0 Å². The van der Waals surface area contributed by atoms with Gasteiger partial charge in [-0.15, -0.1) is 0 Å². The number of hydrogen-bond donors (Lipinski definition) is 2. The van der Waals surface area contributed by atoms with Gasteiger partial charge in [0.15, 0.2) is 0 Å². The first kappa shape index (κ1) is 18.7. The second-order valence-electron chi connectivity index (χ2n) is 8.01. The van der Waals surface area contributed by atoms with E-state index in [1.165, 1.54) is 28.7 Å². The Kier molecular flexibility index (Phi) is 5.41. The van der Waals surface area contributed by atoms with Gasteiger partial charge in [-0.1, -0.05) is 6.07 Å². The first-order chi connectivity index (χ1) is 13.0. The molecule has 0 saturated carbocycles. The van der Waals surface area contributed by atoms with Crippen LogP contribution in [-0.2, 0) is 35.7 Å². The molecule has 0 bridgehead atoms. The molecule has 1 aromatic rings. The summed E-state index contributed by atoms with van der Waals surface area (Å²) in [4.78, 5) is 14.7. The van der Waals surface area contributed by atoms with Crippen molar-refractivity contribution in [3.8, 4) is 0 Å². The molecule has 27 heavy (non-hydrogen) atoms. The van der Waals surface area contributed by atoms with Gasteiger partial charge >= 0.3 is 6.03 Å². The van der Waals surface area contributed by atoms with E-state index in [-0.39, 0.29) is 5.75 Å². The van der Waals surface area contributed by atoms with Crippen molar-refractivity contribution in [2.75, 3.05) is 30.7 Å². The van der Waals surface area contributed by atoms with Crippen molar-refractivity contribution in [2.24, 2.45) is 0 Å². The Morgan fingerprint density at radius 3 is 2.22 bits per heavy atom. The maximum atomic E-state index is 12.4. The number of nitrogens with zero attached hydrogens (tertiary/aromatic N) is 1. The fourth-order valence-corrected chi connectivity index (χ4v) is 5.55. The normalized spacial score (nSPS) is 18.7. The Morgan fingerprint density at radius 2 is 1.63 bits per heavy atom. The molecular weight excluding hydrogens is 362 g/mol. The molecule has 1 fully saturated rings. The van der Waals surface area contributed by atoms with Crippen LogP contribution in [0.2, 0.25) is 0 Å². The number of carbonyl (C=O) groups excluding carboxylic acids is 1. The molecule has 0 radical (unpaired) electrons. The van der Waals surface area contributed by atoms with Gasteiger partial charge < -0.3 is 10.2 Å². The molecule has 0 aromatic heterocycles. The highest BCUT2D eigenvalue weighted by Gasteiger charge is 2.26. The summed E-state index contributed by atoms with van der Waals surface area (Å²) < 4.78 is 26.7.